The van der Waals surface area contributed by atoms with Crippen LogP contribution < -0.4 is 10.8 Å². The summed E-state index contributed by atoms with van der Waals surface area (Å²) in [6, 6.07) is 14.6. The molecule has 0 aliphatic heterocycles. The molecule has 1 amide bonds. The summed E-state index contributed by atoms with van der Waals surface area (Å²) in [7, 11) is 0. The summed E-state index contributed by atoms with van der Waals surface area (Å²) in [5.41, 5.74) is 9.40. The van der Waals surface area contributed by atoms with Crippen LogP contribution in [0.2, 0.25) is 0 Å². The zero-order chi connectivity index (χ0) is 20.1. The summed E-state index contributed by atoms with van der Waals surface area (Å²) in [4.78, 5) is 14.7. The average Bonchev–Trinajstić information content (AvgIpc) is 3.15. The summed E-state index contributed by atoms with van der Waals surface area (Å²) in [6.07, 6.45) is 8.94. The summed E-state index contributed by atoms with van der Waals surface area (Å²) >= 11 is 0. The van der Waals surface area contributed by atoms with Crippen molar-refractivity contribution in [3.63, 3.8) is 0 Å². The average molecular weight is 389 g/mol. The number of amides is 1. The number of hydrogen-bond acceptors (Lipinski definition) is 3. The van der Waals surface area contributed by atoms with E-state index in [0.717, 1.165) is 25.1 Å². The quantitative estimate of drug-likeness (QED) is 0.214. The van der Waals surface area contributed by atoms with Gasteiger partial charge in [-0.15, -0.1) is 0 Å². The van der Waals surface area contributed by atoms with Gasteiger partial charge in [0, 0.05) is 29.2 Å². The monoisotopic (exact) mass is 389 g/mol. The molecule has 0 unspecified atom stereocenters. The second-order valence-corrected chi connectivity index (χ2v) is 7.61. The van der Waals surface area contributed by atoms with E-state index in [0.29, 0.717) is 0 Å². The van der Waals surface area contributed by atoms with Crippen molar-refractivity contribution in [3.8, 4) is 0 Å². The third kappa shape index (κ3) is 4.58. The number of rotatable bonds is 7. The van der Waals surface area contributed by atoms with Crippen LogP contribution in [0.25, 0.3) is 17.0 Å². The molecule has 0 radical (unpaired) electrons. The van der Waals surface area contributed by atoms with Crippen molar-refractivity contribution in [1.82, 2.24) is 15.8 Å². The number of hydrogen-bond donors (Lipinski definition) is 4. The summed E-state index contributed by atoms with van der Waals surface area (Å²) in [6.45, 7) is 1.74. The van der Waals surface area contributed by atoms with Gasteiger partial charge in [-0.25, -0.2) is 5.48 Å². The Bertz CT molecular complexity index is 1020. The maximum Gasteiger partial charge on any atom is 0.267 e. The van der Waals surface area contributed by atoms with Gasteiger partial charge in [0.2, 0.25) is 0 Å². The maximum absolute atomic E-state index is 11.0. The standard InChI is InChI=1S/C24H27N3O2/c28-23(27-29)13-12-17-8-10-18(11-9-17)16-25-15-14-19-4-3-7-22-24(19)20-5-1-2-6-21(20)26-22/h3-4,7-13,25-26,29H,1-2,5-6,14-16H2,(H,27,28)/b13-12+. The molecule has 1 heterocycles. The van der Waals surface area contributed by atoms with Gasteiger partial charge in [0.05, 0.1) is 0 Å². The van der Waals surface area contributed by atoms with Crippen molar-refractivity contribution in [2.24, 2.45) is 0 Å². The molecule has 150 valence electrons. The van der Waals surface area contributed by atoms with Gasteiger partial charge in [-0.2, -0.15) is 0 Å². The van der Waals surface area contributed by atoms with Crippen molar-refractivity contribution >= 4 is 22.9 Å². The number of carbonyl (C=O) groups excluding carboxylic acids is 1. The van der Waals surface area contributed by atoms with E-state index in [-0.39, 0.29) is 0 Å². The lowest BCUT2D eigenvalue weighted by atomic mass is 9.93. The summed E-state index contributed by atoms with van der Waals surface area (Å²) < 4.78 is 0. The zero-order valence-electron chi connectivity index (χ0n) is 16.5. The molecule has 0 fully saturated rings. The van der Waals surface area contributed by atoms with Gasteiger partial charge in [-0.05, 0) is 73.0 Å². The van der Waals surface area contributed by atoms with Crippen LogP contribution in [0.1, 0.15) is 40.8 Å². The molecule has 4 rings (SSSR count). The third-order valence-corrected chi connectivity index (χ3v) is 5.62. The highest BCUT2D eigenvalue weighted by atomic mass is 16.5. The molecular weight excluding hydrogens is 362 g/mol. The van der Waals surface area contributed by atoms with Gasteiger partial charge < -0.3 is 10.3 Å². The molecule has 0 bridgehead atoms. The molecule has 1 aromatic heterocycles. The Morgan fingerprint density at radius 2 is 1.93 bits per heavy atom. The zero-order valence-corrected chi connectivity index (χ0v) is 16.5. The van der Waals surface area contributed by atoms with E-state index >= 15 is 0 Å². The number of nitrogens with one attached hydrogen (secondary N) is 3. The van der Waals surface area contributed by atoms with E-state index in [2.05, 4.69) is 28.5 Å². The lowest BCUT2D eigenvalue weighted by Crippen LogP contribution is -2.16. The normalized spacial score (nSPS) is 13.7. The topological polar surface area (TPSA) is 77.2 Å². The van der Waals surface area contributed by atoms with Crippen molar-refractivity contribution in [2.45, 2.75) is 38.6 Å². The minimum Gasteiger partial charge on any atom is -0.358 e. The van der Waals surface area contributed by atoms with Gasteiger partial charge >= 0.3 is 0 Å². The van der Waals surface area contributed by atoms with Gasteiger partial charge in [0.25, 0.3) is 5.91 Å². The predicted octanol–water partition coefficient (Wildman–Crippen LogP) is 3.90. The number of aromatic nitrogens is 1. The molecule has 1 aliphatic carbocycles. The van der Waals surface area contributed by atoms with Crippen LogP contribution >= 0.6 is 0 Å². The van der Waals surface area contributed by atoms with Crippen molar-refractivity contribution in [1.29, 1.82) is 0 Å². The van der Waals surface area contributed by atoms with Crippen molar-refractivity contribution in [3.05, 3.63) is 76.5 Å². The number of aryl methyl sites for hydroxylation is 2. The third-order valence-electron chi connectivity index (χ3n) is 5.62. The van der Waals surface area contributed by atoms with Gasteiger partial charge in [-0.1, -0.05) is 36.4 Å². The van der Waals surface area contributed by atoms with E-state index in [4.69, 9.17) is 5.21 Å². The molecule has 29 heavy (non-hydrogen) atoms. The fraction of sp³-hybridized carbons (Fsp3) is 0.292. The molecule has 4 N–H and O–H groups in total. The minimum absolute atomic E-state index is 0.533. The Labute approximate surface area is 170 Å². The molecule has 1 aliphatic rings. The first kappa shape index (κ1) is 19.4. The second kappa shape index (κ2) is 9.07. The smallest absolute Gasteiger partial charge is 0.267 e. The minimum atomic E-state index is -0.533. The number of H-pyrrole nitrogens is 1. The Morgan fingerprint density at radius 1 is 1.10 bits per heavy atom. The molecule has 0 saturated heterocycles. The predicted molar refractivity (Wildman–Crippen MR) is 116 cm³/mol. The van der Waals surface area contributed by atoms with Crippen molar-refractivity contribution < 1.29 is 10.0 Å². The first-order chi connectivity index (χ1) is 14.2. The fourth-order valence-corrected chi connectivity index (χ4v) is 4.16. The van der Waals surface area contributed by atoms with Gasteiger partial charge in [0.1, 0.15) is 0 Å². The van der Waals surface area contributed by atoms with Gasteiger partial charge in [-0.3, -0.25) is 10.0 Å². The van der Waals surface area contributed by atoms with Crippen LogP contribution in [0.4, 0.5) is 0 Å². The molecule has 0 atom stereocenters. The van der Waals surface area contributed by atoms with Crippen LogP contribution in [-0.2, 0) is 30.6 Å². The van der Waals surface area contributed by atoms with Crippen LogP contribution in [0.3, 0.4) is 0 Å². The second-order valence-electron chi connectivity index (χ2n) is 7.61. The molecule has 0 spiro atoms. The molecule has 0 saturated carbocycles. The van der Waals surface area contributed by atoms with E-state index in [1.165, 1.54) is 59.5 Å². The van der Waals surface area contributed by atoms with Crippen LogP contribution in [0, 0.1) is 0 Å². The Kier molecular flexibility index (Phi) is 6.08. The maximum atomic E-state index is 11.0. The Balaban J connectivity index is 1.34. The lowest BCUT2D eigenvalue weighted by Gasteiger charge is -2.12. The van der Waals surface area contributed by atoms with E-state index in [1.807, 2.05) is 24.3 Å². The highest BCUT2D eigenvalue weighted by Gasteiger charge is 2.17. The number of carbonyl (C=O) groups is 1. The van der Waals surface area contributed by atoms with Crippen LogP contribution in [0.15, 0.2) is 48.5 Å². The number of fused-ring (bicyclic) bond motifs is 3. The Morgan fingerprint density at radius 3 is 2.76 bits per heavy atom. The molecule has 3 aromatic rings. The number of hydroxylamine groups is 1. The van der Waals surface area contributed by atoms with Crippen molar-refractivity contribution in [2.75, 3.05) is 6.54 Å². The van der Waals surface area contributed by atoms with Gasteiger partial charge in [0.15, 0.2) is 0 Å². The number of benzene rings is 2. The Hall–Kier alpha value is -2.89. The molecule has 2 aromatic carbocycles. The highest BCUT2D eigenvalue weighted by molar-refractivity contribution is 5.90. The first-order valence-electron chi connectivity index (χ1n) is 10.3. The lowest BCUT2D eigenvalue weighted by molar-refractivity contribution is -0.124. The summed E-state index contributed by atoms with van der Waals surface area (Å²) in [5, 5.41) is 13.5. The van der Waals surface area contributed by atoms with Crippen LogP contribution in [0.5, 0.6) is 0 Å². The van der Waals surface area contributed by atoms with Crippen LogP contribution in [-0.4, -0.2) is 22.6 Å². The SMILES string of the molecule is O=C(/C=C/c1ccc(CNCCc2cccc3[nH]c4c(c23)CCCC4)cc1)NO. The van der Waals surface area contributed by atoms with E-state index in [1.54, 1.807) is 17.1 Å². The molecular formula is C24H27N3O2. The molecule has 5 nitrogen and oxygen atoms in total. The largest absolute Gasteiger partial charge is 0.358 e. The fourth-order valence-electron chi connectivity index (χ4n) is 4.16. The highest BCUT2D eigenvalue weighted by Crippen LogP contribution is 2.31. The molecule has 5 heteroatoms. The van der Waals surface area contributed by atoms with E-state index < -0.39 is 5.91 Å². The van der Waals surface area contributed by atoms with E-state index in [9.17, 15) is 4.79 Å². The number of aromatic amines is 1. The first-order valence-corrected chi connectivity index (χ1v) is 10.3. The summed E-state index contributed by atoms with van der Waals surface area (Å²) in [5.74, 6) is -0.533.